The number of hydrogen-bond acceptors (Lipinski definition) is 4. The van der Waals surface area contributed by atoms with Gasteiger partial charge in [-0.2, -0.15) is 0 Å². The monoisotopic (exact) mass is 291 g/mol. The summed E-state index contributed by atoms with van der Waals surface area (Å²) in [5.74, 6) is 0.196. The van der Waals surface area contributed by atoms with E-state index in [2.05, 4.69) is 18.9 Å². The highest BCUT2D eigenvalue weighted by Crippen LogP contribution is 2.41. The Morgan fingerprint density at radius 2 is 2.29 bits per heavy atom. The number of phenolic OH excluding ortho intramolecular Hbond substituents is 1. The molecule has 2 atom stereocenters. The summed E-state index contributed by atoms with van der Waals surface area (Å²) in [6.45, 7) is 5.79. The molecule has 1 fully saturated rings. The van der Waals surface area contributed by atoms with E-state index in [1.165, 1.54) is 0 Å². The number of nitrogens with zero attached hydrogens (tertiary/aromatic N) is 1. The van der Waals surface area contributed by atoms with Gasteiger partial charge in [0.2, 0.25) is 0 Å². The summed E-state index contributed by atoms with van der Waals surface area (Å²) in [6.07, 6.45) is 2.12. The average molecular weight is 291 g/mol. The molecule has 0 aliphatic carbocycles. The summed E-state index contributed by atoms with van der Waals surface area (Å²) in [5.41, 5.74) is 0.253. The van der Waals surface area contributed by atoms with Crippen molar-refractivity contribution in [3.05, 3.63) is 29.8 Å². The number of phenols is 1. The minimum absolute atomic E-state index is 0.169. The Morgan fingerprint density at radius 3 is 2.95 bits per heavy atom. The highest BCUT2D eigenvalue weighted by Gasteiger charge is 2.43. The Hall–Kier alpha value is -1.55. The molecule has 0 radical (unpaired) electrons. The Balaban J connectivity index is 2.44. The van der Waals surface area contributed by atoms with Gasteiger partial charge in [0.25, 0.3) is 0 Å². The maximum atomic E-state index is 12.0. The first-order valence-corrected chi connectivity index (χ1v) is 7.68. The van der Waals surface area contributed by atoms with E-state index < -0.39 is 5.60 Å². The molecular formula is C17H25NO3. The fourth-order valence-electron chi connectivity index (χ4n) is 3.25. The van der Waals surface area contributed by atoms with Crippen molar-refractivity contribution in [2.24, 2.45) is 5.92 Å². The molecular weight excluding hydrogens is 266 g/mol. The lowest BCUT2D eigenvalue weighted by Gasteiger charge is -2.38. The minimum Gasteiger partial charge on any atom is -0.508 e. The molecule has 0 aromatic heterocycles. The number of ether oxygens (including phenoxy) is 1. The highest BCUT2D eigenvalue weighted by molar-refractivity contribution is 5.69. The predicted molar refractivity (Wildman–Crippen MR) is 82.1 cm³/mol. The predicted octanol–water partition coefficient (Wildman–Crippen LogP) is 2.90. The minimum atomic E-state index is -0.642. The average Bonchev–Trinajstić information content (AvgIpc) is 2.58. The highest BCUT2D eigenvalue weighted by atomic mass is 16.6. The molecule has 2 rings (SSSR count). The van der Waals surface area contributed by atoms with Crippen LogP contribution in [0, 0.1) is 5.92 Å². The van der Waals surface area contributed by atoms with Gasteiger partial charge in [-0.25, -0.2) is 0 Å². The van der Waals surface area contributed by atoms with Crippen LogP contribution >= 0.6 is 0 Å². The third-order valence-corrected chi connectivity index (χ3v) is 4.39. The fourth-order valence-corrected chi connectivity index (χ4v) is 3.25. The van der Waals surface area contributed by atoms with Crippen molar-refractivity contribution in [3.8, 4) is 5.75 Å². The van der Waals surface area contributed by atoms with Crippen LogP contribution in [0.15, 0.2) is 24.3 Å². The lowest BCUT2D eigenvalue weighted by molar-refractivity contribution is -0.168. The summed E-state index contributed by atoms with van der Waals surface area (Å²) >= 11 is 0. The van der Waals surface area contributed by atoms with Crippen molar-refractivity contribution in [1.82, 2.24) is 4.90 Å². The molecule has 4 nitrogen and oxygen atoms in total. The zero-order valence-corrected chi connectivity index (χ0v) is 13.1. The zero-order valence-electron chi connectivity index (χ0n) is 13.1. The van der Waals surface area contributed by atoms with Crippen LogP contribution in [0.2, 0.25) is 0 Å². The van der Waals surface area contributed by atoms with Gasteiger partial charge in [0.05, 0.1) is 0 Å². The van der Waals surface area contributed by atoms with Crippen molar-refractivity contribution in [3.63, 3.8) is 0 Å². The Labute approximate surface area is 126 Å². The largest absolute Gasteiger partial charge is 0.508 e. The molecule has 116 valence electrons. The van der Waals surface area contributed by atoms with Crippen molar-refractivity contribution in [2.75, 3.05) is 20.1 Å². The van der Waals surface area contributed by atoms with Crippen LogP contribution in [0.4, 0.5) is 0 Å². The van der Waals surface area contributed by atoms with E-state index in [4.69, 9.17) is 4.74 Å². The first-order valence-electron chi connectivity index (χ1n) is 7.68. The van der Waals surface area contributed by atoms with E-state index in [-0.39, 0.29) is 17.6 Å². The molecule has 0 saturated carbocycles. The molecule has 1 saturated heterocycles. The molecule has 1 heterocycles. The zero-order chi connectivity index (χ0) is 15.5. The number of benzene rings is 1. The van der Waals surface area contributed by atoms with Gasteiger partial charge in [0.15, 0.2) is 0 Å². The molecule has 2 unspecified atom stereocenters. The molecule has 0 amide bonds. The van der Waals surface area contributed by atoms with Gasteiger partial charge in [-0.1, -0.05) is 26.0 Å². The molecule has 1 N–H and O–H groups in total. The second kappa shape index (κ2) is 6.48. The van der Waals surface area contributed by atoms with Gasteiger partial charge in [-0.15, -0.1) is 0 Å². The van der Waals surface area contributed by atoms with Crippen molar-refractivity contribution < 1.29 is 14.6 Å². The van der Waals surface area contributed by atoms with Crippen LogP contribution in [0.5, 0.6) is 5.75 Å². The fraction of sp³-hybridized carbons (Fsp3) is 0.588. The van der Waals surface area contributed by atoms with Gasteiger partial charge in [0.1, 0.15) is 11.4 Å². The van der Waals surface area contributed by atoms with Crippen LogP contribution in [0.3, 0.4) is 0 Å². The number of likely N-dealkylation sites (tertiary alicyclic amines) is 1. The van der Waals surface area contributed by atoms with Crippen molar-refractivity contribution >= 4 is 5.97 Å². The molecule has 1 aromatic carbocycles. The lowest BCUT2D eigenvalue weighted by atomic mass is 9.79. The molecule has 0 spiro atoms. The van der Waals surface area contributed by atoms with Crippen molar-refractivity contribution in [1.29, 1.82) is 0 Å². The van der Waals surface area contributed by atoms with Crippen LogP contribution in [0.1, 0.15) is 38.7 Å². The van der Waals surface area contributed by atoms with Gasteiger partial charge >= 0.3 is 5.97 Å². The van der Waals surface area contributed by atoms with Crippen LogP contribution in [0.25, 0.3) is 0 Å². The summed E-state index contributed by atoms with van der Waals surface area (Å²) < 4.78 is 5.93. The van der Waals surface area contributed by atoms with E-state index in [1.54, 1.807) is 12.1 Å². The smallest absolute Gasteiger partial charge is 0.306 e. The number of carbonyl (C=O) groups excluding carboxylic acids is 1. The maximum absolute atomic E-state index is 12.0. The third kappa shape index (κ3) is 3.38. The second-order valence-corrected chi connectivity index (χ2v) is 6.03. The number of rotatable bonds is 3. The van der Waals surface area contributed by atoms with Crippen molar-refractivity contribution in [2.45, 2.75) is 38.7 Å². The summed E-state index contributed by atoms with van der Waals surface area (Å²) in [7, 11) is 2.09. The Kier molecular flexibility index (Phi) is 4.88. The summed E-state index contributed by atoms with van der Waals surface area (Å²) in [6, 6.07) is 7.13. The molecule has 0 bridgehead atoms. The van der Waals surface area contributed by atoms with E-state index in [1.807, 2.05) is 19.1 Å². The van der Waals surface area contributed by atoms with Gasteiger partial charge in [0, 0.05) is 18.9 Å². The van der Waals surface area contributed by atoms with E-state index in [0.29, 0.717) is 6.42 Å². The first-order chi connectivity index (χ1) is 9.98. The lowest BCUT2D eigenvalue weighted by Crippen LogP contribution is -2.41. The summed E-state index contributed by atoms with van der Waals surface area (Å²) in [4.78, 5) is 14.3. The molecule has 4 heteroatoms. The standard InChI is InChI=1S/C17H25NO3/c1-4-16(20)21-17(14-7-5-8-15(19)11-14)9-6-10-18(3)12-13(17)2/h5,7-8,11,13,19H,4,6,9-10,12H2,1-3H3. The number of esters is 1. The first kappa shape index (κ1) is 15.8. The molecule has 21 heavy (non-hydrogen) atoms. The van der Waals surface area contributed by atoms with Gasteiger partial charge in [-0.05, 0) is 44.1 Å². The third-order valence-electron chi connectivity index (χ3n) is 4.39. The quantitative estimate of drug-likeness (QED) is 0.870. The number of carbonyl (C=O) groups is 1. The van der Waals surface area contributed by atoms with Gasteiger partial charge in [-0.3, -0.25) is 4.79 Å². The SMILES string of the molecule is CCC(=O)OC1(c2cccc(O)c2)CCCN(C)CC1C. The summed E-state index contributed by atoms with van der Waals surface area (Å²) in [5, 5.41) is 9.81. The van der Waals surface area contributed by atoms with E-state index >= 15 is 0 Å². The van der Waals surface area contributed by atoms with E-state index in [0.717, 1.165) is 31.5 Å². The topological polar surface area (TPSA) is 49.8 Å². The van der Waals surface area contributed by atoms with Gasteiger partial charge < -0.3 is 14.7 Å². The van der Waals surface area contributed by atoms with E-state index in [9.17, 15) is 9.90 Å². The molecule has 1 aliphatic rings. The Bertz CT molecular complexity index is 503. The molecule has 1 aromatic rings. The van der Waals surface area contributed by atoms with Crippen LogP contribution < -0.4 is 0 Å². The number of aromatic hydroxyl groups is 1. The van der Waals surface area contributed by atoms with Crippen LogP contribution in [-0.2, 0) is 15.1 Å². The maximum Gasteiger partial charge on any atom is 0.306 e. The molecule has 1 aliphatic heterocycles. The Morgan fingerprint density at radius 1 is 1.52 bits per heavy atom. The van der Waals surface area contributed by atoms with Crippen LogP contribution in [-0.4, -0.2) is 36.1 Å². The second-order valence-electron chi connectivity index (χ2n) is 6.03. The number of hydrogen-bond donors (Lipinski definition) is 1. The normalized spacial score (nSPS) is 27.1.